The van der Waals surface area contributed by atoms with Crippen molar-refractivity contribution < 1.29 is 4.79 Å². The molecule has 4 rings (SSSR count). The van der Waals surface area contributed by atoms with Gasteiger partial charge in [0.1, 0.15) is 0 Å². The first-order valence-corrected chi connectivity index (χ1v) is 11.1. The number of aromatic nitrogens is 1. The number of benzene rings is 2. The Labute approximate surface area is 207 Å². The van der Waals surface area contributed by atoms with Crippen molar-refractivity contribution in [3.05, 3.63) is 71.9 Å². The molecule has 1 aliphatic rings. The fourth-order valence-electron chi connectivity index (χ4n) is 4.05. The van der Waals surface area contributed by atoms with Crippen molar-refractivity contribution >= 4 is 46.7 Å². The van der Waals surface area contributed by atoms with Crippen LogP contribution in [0.4, 0.5) is 0 Å². The molecule has 2 N–H and O–H groups in total. The zero-order valence-electron chi connectivity index (χ0n) is 18.6. The summed E-state index contributed by atoms with van der Waals surface area (Å²) in [6.07, 6.45) is 4.84. The number of fused-ring (bicyclic) bond motifs is 1. The van der Waals surface area contributed by atoms with E-state index in [9.17, 15) is 4.79 Å². The summed E-state index contributed by atoms with van der Waals surface area (Å²) < 4.78 is 2.30. The Morgan fingerprint density at radius 1 is 1.03 bits per heavy atom. The predicted molar refractivity (Wildman–Crippen MR) is 141 cm³/mol. The van der Waals surface area contributed by atoms with Gasteiger partial charge in [-0.05, 0) is 41.5 Å². The zero-order valence-corrected chi connectivity index (χ0v) is 20.9. The van der Waals surface area contributed by atoms with Crippen LogP contribution < -0.4 is 10.6 Å². The topological polar surface area (TPSA) is 61.7 Å². The first-order valence-electron chi connectivity index (χ1n) is 11.1. The minimum Gasteiger partial charge on any atom is -0.356 e. The summed E-state index contributed by atoms with van der Waals surface area (Å²) in [6, 6.07) is 19.1. The number of rotatable bonds is 8. The van der Waals surface area contributed by atoms with Gasteiger partial charge < -0.3 is 20.1 Å². The molecule has 1 aliphatic heterocycles. The summed E-state index contributed by atoms with van der Waals surface area (Å²) in [4.78, 5) is 18.0. The van der Waals surface area contributed by atoms with Crippen molar-refractivity contribution in [2.75, 3.05) is 20.1 Å². The van der Waals surface area contributed by atoms with Gasteiger partial charge in [-0.2, -0.15) is 0 Å². The first kappa shape index (κ1) is 24.1. The third-order valence-electron chi connectivity index (χ3n) is 5.80. The van der Waals surface area contributed by atoms with Gasteiger partial charge in [-0.25, -0.2) is 0 Å². The Kier molecular flexibility index (Phi) is 8.96. The Bertz CT molecular complexity index is 1040. The molecule has 0 radical (unpaired) electrons. The molecule has 0 bridgehead atoms. The highest BCUT2D eigenvalue weighted by atomic mass is 127. The first-order chi connectivity index (χ1) is 15.2. The van der Waals surface area contributed by atoms with Gasteiger partial charge in [0.2, 0.25) is 5.91 Å². The SMILES string of the molecule is CN=C(NCCCn1ccc2ccccc21)NCc1ccc(CN2CCCC2=O)cc1.I. The van der Waals surface area contributed by atoms with Gasteiger partial charge in [0, 0.05) is 57.9 Å². The molecule has 32 heavy (non-hydrogen) atoms. The lowest BCUT2D eigenvalue weighted by molar-refractivity contribution is -0.128. The van der Waals surface area contributed by atoms with E-state index in [1.165, 1.54) is 22.0 Å². The Hall–Kier alpha value is -2.55. The number of aliphatic imine (C=N–C) groups is 1. The van der Waals surface area contributed by atoms with Crippen LogP contribution in [0.25, 0.3) is 10.9 Å². The van der Waals surface area contributed by atoms with Crippen molar-refractivity contribution in [1.29, 1.82) is 0 Å². The lowest BCUT2D eigenvalue weighted by Gasteiger charge is -2.16. The number of carbonyl (C=O) groups excluding carboxylic acids is 1. The van der Waals surface area contributed by atoms with E-state index in [2.05, 4.69) is 81.0 Å². The van der Waals surface area contributed by atoms with Crippen LogP contribution in [0.2, 0.25) is 0 Å². The molecule has 7 heteroatoms. The lowest BCUT2D eigenvalue weighted by atomic mass is 10.1. The van der Waals surface area contributed by atoms with Crippen LogP contribution in [0.1, 0.15) is 30.4 Å². The summed E-state index contributed by atoms with van der Waals surface area (Å²) >= 11 is 0. The van der Waals surface area contributed by atoms with Crippen LogP contribution >= 0.6 is 24.0 Å². The van der Waals surface area contributed by atoms with Crippen molar-refractivity contribution in [2.24, 2.45) is 4.99 Å². The molecule has 6 nitrogen and oxygen atoms in total. The molecule has 2 heterocycles. The van der Waals surface area contributed by atoms with E-state index in [0.29, 0.717) is 19.5 Å². The van der Waals surface area contributed by atoms with Gasteiger partial charge in [0.05, 0.1) is 0 Å². The lowest BCUT2D eigenvalue weighted by Crippen LogP contribution is -2.37. The van der Waals surface area contributed by atoms with E-state index < -0.39 is 0 Å². The molecule has 2 aromatic carbocycles. The van der Waals surface area contributed by atoms with Gasteiger partial charge in [0.25, 0.3) is 0 Å². The highest BCUT2D eigenvalue weighted by Gasteiger charge is 2.19. The van der Waals surface area contributed by atoms with E-state index in [0.717, 1.165) is 38.4 Å². The fraction of sp³-hybridized carbons (Fsp3) is 0.360. The van der Waals surface area contributed by atoms with Gasteiger partial charge in [-0.3, -0.25) is 9.79 Å². The molecule has 3 aromatic rings. The number of halogens is 1. The van der Waals surface area contributed by atoms with E-state index in [1.54, 1.807) is 7.05 Å². The third kappa shape index (κ3) is 6.25. The summed E-state index contributed by atoms with van der Waals surface area (Å²) in [5.41, 5.74) is 3.65. The Morgan fingerprint density at radius 2 is 1.81 bits per heavy atom. The van der Waals surface area contributed by atoms with Crippen molar-refractivity contribution in [3.63, 3.8) is 0 Å². The molecular formula is C25H32IN5O. The van der Waals surface area contributed by atoms with E-state index in [4.69, 9.17) is 0 Å². The van der Waals surface area contributed by atoms with Gasteiger partial charge in [-0.15, -0.1) is 24.0 Å². The van der Waals surface area contributed by atoms with Crippen LogP contribution in [0.5, 0.6) is 0 Å². The largest absolute Gasteiger partial charge is 0.356 e. The smallest absolute Gasteiger partial charge is 0.222 e. The second-order valence-corrected chi connectivity index (χ2v) is 8.01. The average molecular weight is 545 g/mol. The van der Waals surface area contributed by atoms with E-state index in [-0.39, 0.29) is 29.9 Å². The van der Waals surface area contributed by atoms with Gasteiger partial charge in [-0.1, -0.05) is 42.5 Å². The molecule has 170 valence electrons. The maximum absolute atomic E-state index is 11.8. The molecule has 0 unspecified atom stereocenters. The molecule has 0 aliphatic carbocycles. The summed E-state index contributed by atoms with van der Waals surface area (Å²) in [7, 11) is 1.80. The standard InChI is InChI=1S/C25H31N5O.HI/c1-26-25(27-14-5-16-29-17-13-22-6-2-3-7-23(22)29)28-18-20-9-11-21(12-10-20)19-30-15-4-8-24(30)31;/h2-3,6-7,9-13,17H,4-5,8,14-16,18-19H2,1H3,(H2,26,27,28);1H. The Balaban J connectivity index is 0.00000289. The predicted octanol–water partition coefficient (Wildman–Crippen LogP) is 4.14. The van der Waals surface area contributed by atoms with Gasteiger partial charge >= 0.3 is 0 Å². The van der Waals surface area contributed by atoms with Crippen molar-refractivity contribution in [3.8, 4) is 0 Å². The number of aryl methyl sites for hydroxylation is 1. The number of hydrogen-bond donors (Lipinski definition) is 2. The fourth-order valence-corrected chi connectivity index (χ4v) is 4.05. The maximum Gasteiger partial charge on any atom is 0.222 e. The molecule has 1 fully saturated rings. The maximum atomic E-state index is 11.8. The minimum absolute atomic E-state index is 0. The van der Waals surface area contributed by atoms with Gasteiger partial charge in [0.15, 0.2) is 5.96 Å². The summed E-state index contributed by atoms with van der Waals surface area (Å²) in [5.74, 6) is 1.08. The second-order valence-electron chi connectivity index (χ2n) is 8.01. The monoisotopic (exact) mass is 545 g/mol. The number of guanidine groups is 1. The van der Waals surface area contributed by atoms with E-state index >= 15 is 0 Å². The molecule has 1 saturated heterocycles. The van der Waals surface area contributed by atoms with Crippen LogP contribution in [0.3, 0.4) is 0 Å². The normalized spacial score (nSPS) is 14.0. The van der Waals surface area contributed by atoms with Crippen LogP contribution in [-0.2, 0) is 24.4 Å². The summed E-state index contributed by atoms with van der Waals surface area (Å²) in [6.45, 7) is 4.13. The molecule has 0 saturated carbocycles. The van der Waals surface area contributed by atoms with Crippen LogP contribution in [-0.4, -0.2) is 41.5 Å². The quantitative estimate of drug-likeness (QED) is 0.194. The molecule has 1 amide bonds. The van der Waals surface area contributed by atoms with Crippen molar-refractivity contribution in [1.82, 2.24) is 20.1 Å². The second kappa shape index (κ2) is 11.9. The average Bonchev–Trinajstić information content (AvgIpc) is 3.40. The number of carbonyl (C=O) groups is 1. The highest BCUT2D eigenvalue weighted by Crippen LogP contribution is 2.16. The third-order valence-corrected chi connectivity index (χ3v) is 5.80. The van der Waals surface area contributed by atoms with Crippen molar-refractivity contribution in [2.45, 2.75) is 38.9 Å². The molecular weight excluding hydrogens is 513 g/mol. The molecule has 0 spiro atoms. The molecule has 0 atom stereocenters. The number of amides is 1. The number of likely N-dealkylation sites (tertiary alicyclic amines) is 1. The Morgan fingerprint density at radius 3 is 2.56 bits per heavy atom. The van der Waals surface area contributed by atoms with Crippen LogP contribution in [0, 0.1) is 0 Å². The van der Waals surface area contributed by atoms with E-state index in [1.807, 2.05) is 4.90 Å². The molecule has 1 aromatic heterocycles. The number of para-hydroxylation sites is 1. The minimum atomic E-state index is 0. The van der Waals surface area contributed by atoms with Crippen LogP contribution in [0.15, 0.2) is 65.8 Å². The zero-order chi connectivity index (χ0) is 21.5. The highest BCUT2D eigenvalue weighted by molar-refractivity contribution is 14.0. The number of hydrogen-bond acceptors (Lipinski definition) is 2. The number of nitrogens with zero attached hydrogens (tertiary/aromatic N) is 3. The number of nitrogens with one attached hydrogen (secondary N) is 2. The summed E-state index contributed by atoms with van der Waals surface area (Å²) in [5, 5.41) is 8.06.